The minimum Gasteiger partial charge on any atom is -0.272 e. The third-order valence-corrected chi connectivity index (χ3v) is 4.79. The number of rotatable bonds is 4. The molecule has 0 unspecified atom stereocenters. The van der Waals surface area contributed by atoms with Gasteiger partial charge in [0, 0.05) is 12.4 Å². The second-order valence-corrected chi connectivity index (χ2v) is 6.88. The fourth-order valence-electron chi connectivity index (χ4n) is 2.30. The number of nitrogens with one attached hydrogen (secondary N) is 2. The normalized spacial score (nSPS) is 11.4. The third kappa shape index (κ3) is 3.28. The van der Waals surface area contributed by atoms with E-state index in [1.54, 1.807) is 42.5 Å². The van der Waals surface area contributed by atoms with Crippen LogP contribution < -0.4 is 15.8 Å². The first-order chi connectivity index (χ1) is 11.9. The number of hydrogen-bond donors (Lipinski definition) is 2. The Hall–Kier alpha value is -3.04. The van der Waals surface area contributed by atoms with Crippen LogP contribution in [-0.2, 0) is 17.1 Å². The second-order valence-electron chi connectivity index (χ2n) is 5.20. The van der Waals surface area contributed by atoms with Crippen molar-refractivity contribution < 1.29 is 13.2 Å². The molecule has 9 heteroatoms. The molecule has 0 aliphatic rings. The maximum absolute atomic E-state index is 12.4. The molecule has 0 spiro atoms. The quantitative estimate of drug-likeness (QED) is 0.662. The molecule has 0 aliphatic heterocycles. The summed E-state index contributed by atoms with van der Waals surface area (Å²) in [6, 6.07) is 14.1. The Kier molecular flexibility index (Phi) is 4.34. The molecule has 0 bridgehead atoms. The van der Waals surface area contributed by atoms with Crippen molar-refractivity contribution in [2.45, 2.75) is 4.90 Å². The molecule has 2 aromatic carbocycles. The lowest BCUT2D eigenvalue weighted by Gasteiger charge is -2.10. The van der Waals surface area contributed by atoms with Crippen LogP contribution in [0.1, 0.15) is 10.5 Å². The molecule has 0 aliphatic carbocycles. The van der Waals surface area contributed by atoms with Crippen molar-refractivity contribution in [3.05, 3.63) is 70.6 Å². The van der Waals surface area contributed by atoms with Crippen molar-refractivity contribution >= 4 is 26.7 Å². The van der Waals surface area contributed by atoms with Crippen molar-refractivity contribution in [2.75, 3.05) is 0 Å². The van der Waals surface area contributed by atoms with Crippen molar-refractivity contribution in [1.82, 2.24) is 20.0 Å². The van der Waals surface area contributed by atoms with Gasteiger partial charge in [0.2, 0.25) is 0 Å². The Morgan fingerprint density at radius 2 is 1.60 bits per heavy atom. The summed E-state index contributed by atoms with van der Waals surface area (Å²) in [4.78, 5) is 26.5. The van der Waals surface area contributed by atoms with E-state index in [1.807, 2.05) is 4.83 Å². The number of fused-ring (bicyclic) bond motifs is 1. The van der Waals surface area contributed by atoms with E-state index >= 15 is 0 Å². The van der Waals surface area contributed by atoms with E-state index in [4.69, 9.17) is 0 Å². The fourth-order valence-corrected chi connectivity index (χ4v) is 3.16. The number of hydrazine groups is 1. The Morgan fingerprint density at radius 1 is 1.00 bits per heavy atom. The van der Waals surface area contributed by atoms with Gasteiger partial charge in [-0.3, -0.25) is 15.0 Å². The molecular formula is C16H14N4O4S. The molecule has 1 heterocycles. The van der Waals surface area contributed by atoms with Crippen molar-refractivity contribution in [1.29, 1.82) is 0 Å². The van der Waals surface area contributed by atoms with E-state index in [2.05, 4.69) is 10.5 Å². The Morgan fingerprint density at radius 3 is 2.28 bits per heavy atom. The summed E-state index contributed by atoms with van der Waals surface area (Å²) in [6.07, 6.45) is 0. The molecule has 128 valence electrons. The lowest BCUT2D eigenvalue weighted by Crippen LogP contribution is -2.42. The van der Waals surface area contributed by atoms with Gasteiger partial charge in [0.05, 0.1) is 10.3 Å². The first-order valence-electron chi connectivity index (χ1n) is 7.23. The summed E-state index contributed by atoms with van der Waals surface area (Å²) in [5.41, 5.74) is 1.71. The van der Waals surface area contributed by atoms with Crippen molar-refractivity contribution in [3.63, 3.8) is 0 Å². The van der Waals surface area contributed by atoms with Crippen LogP contribution in [0.15, 0.2) is 64.3 Å². The maximum Gasteiger partial charge on any atom is 0.287 e. The van der Waals surface area contributed by atoms with E-state index in [0.29, 0.717) is 10.8 Å². The molecule has 1 aromatic heterocycles. The van der Waals surface area contributed by atoms with Crippen LogP contribution in [0.3, 0.4) is 0 Å². The van der Waals surface area contributed by atoms with E-state index < -0.39 is 15.9 Å². The highest BCUT2D eigenvalue weighted by molar-refractivity contribution is 7.89. The van der Waals surface area contributed by atoms with Crippen molar-refractivity contribution in [2.24, 2.45) is 7.05 Å². The zero-order valence-corrected chi connectivity index (χ0v) is 13.9. The van der Waals surface area contributed by atoms with E-state index in [-0.39, 0.29) is 16.1 Å². The predicted molar refractivity (Wildman–Crippen MR) is 91.2 cm³/mol. The average Bonchev–Trinajstić information content (AvgIpc) is 2.63. The summed E-state index contributed by atoms with van der Waals surface area (Å²) in [7, 11) is -2.50. The van der Waals surface area contributed by atoms with Gasteiger partial charge in [0.15, 0.2) is 5.69 Å². The average molecular weight is 358 g/mol. The number of carbonyl (C=O) groups excluding carboxylic acids is 1. The van der Waals surface area contributed by atoms with Crippen LogP contribution in [0.2, 0.25) is 0 Å². The van der Waals surface area contributed by atoms with Crippen LogP contribution in [-0.4, -0.2) is 24.1 Å². The first kappa shape index (κ1) is 16.8. The lowest BCUT2D eigenvalue weighted by atomic mass is 10.1. The Labute approximate surface area is 143 Å². The van der Waals surface area contributed by atoms with Gasteiger partial charge in [-0.1, -0.05) is 36.4 Å². The standard InChI is InChI=1S/C16H14N4O4S/c1-20-16(22)13-10-6-5-9-12(13)14(18-20)15(21)17-19-25(23,24)11-7-3-2-4-8-11/h2-10,19H,1H3,(H,17,21). The van der Waals surface area contributed by atoms with Crippen LogP contribution in [0.4, 0.5) is 0 Å². The molecular weight excluding hydrogens is 344 g/mol. The molecule has 25 heavy (non-hydrogen) atoms. The van der Waals surface area contributed by atoms with Crippen LogP contribution in [0, 0.1) is 0 Å². The van der Waals surface area contributed by atoms with Gasteiger partial charge in [-0.15, -0.1) is 4.83 Å². The minimum atomic E-state index is -3.91. The van der Waals surface area contributed by atoms with Gasteiger partial charge in [-0.05, 0) is 18.2 Å². The molecule has 0 saturated heterocycles. The predicted octanol–water partition coefficient (Wildman–Crippen LogP) is 0.557. The highest BCUT2D eigenvalue weighted by Crippen LogP contribution is 2.13. The molecule has 3 rings (SSSR count). The topological polar surface area (TPSA) is 110 Å². The lowest BCUT2D eigenvalue weighted by molar-refractivity contribution is 0.0940. The first-order valence-corrected chi connectivity index (χ1v) is 8.72. The largest absolute Gasteiger partial charge is 0.287 e. The number of sulfonamides is 1. The molecule has 3 aromatic rings. The van der Waals surface area contributed by atoms with Crippen LogP contribution in [0.5, 0.6) is 0 Å². The highest BCUT2D eigenvalue weighted by Gasteiger charge is 2.19. The van der Waals surface area contributed by atoms with Crippen molar-refractivity contribution in [3.8, 4) is 0 Å². The summed E-state index contributed by atoms with van der Waals surface area (Å²) < 4.78 is 25.3. The Bertz CT molecular complexity index is 1110. The van der Waals surface area contributed by atoms with E-state index in [1.165, 1.54) is 19.2 Å². The molecule has 8 nitrogen and oxygen atoms in total. The second kappa shape index (κ2) is 6.46. The number of nitrogens with zero attached hydrogens (tertiary/aromatic N) is 2. The van der Waals surface area contributed by atoms with Gasteiger partial charge >= 0.3 is 0 Å². The fraction of sp³-hybridized carbons (Fsp3) is 0.0625. The smallest absolute Gasteiger partial charge is 0.272 e. The Balaban J connectivity index is 1.91. The number of carbonyl (C=O) groups is 1. The summed E-state index contributed by atoms with van der Waals surface area (Å²) in [5.74, 6) is -0.772. The van der Waals surface area contributed by atoms with E-state index in [9.17, 15) is 18.0 Å². The third-order valence-electron chi connectivity index (χ3n) is 3.52. The zero-order valence-electron chi connectivity index (χ0n) is 13.1. The molecule has 1 amide bonds. The summed E-state index contributed by atoms with van der Waals surface area (Å²) in [5, 5.41) is 4.58. The number of hydrogen-bond acceptors (Lipinski definition) is 5. The van der Waals surface area contributed by atoms with Gasteiger partial charge in [-0.25, -0.2) is 13.1 Å². The zero-order chi connectivity index (χ0) is 18.0. The summed E-state index contributed by atoms with van der Waals surface area (Å²) >= 11 is 0. The molecule has 0 radical (unpaired) electrons. The molecule has 0 fully saturated rings. The number of aryl methyl sites for hydroxylation is 1. The van der Waals surface area contributed by atoms with Crippen LogP contribution >= 0.6 is 0 Å². The van der Waals surface area contributed by atoms with E-state index in [0.717, 1.165) is 4.68 Å². The number of aromatic nitrogens is 2. The minimum absolute atomic E-state index is 0.00794. The molecule has 0 saturated carbocycles. The molecule has 0 atom stereocenters. The number of benzene rings is 2. The van der Waals surface area contributed by atoms with Gasteiger partial charge in [0.25, 0.3) is 21.5 Å². The highest BCUT2D eigenvalue weighted by atomic mass is 32.2. The van der Waals surface area contributed by atoms with Crippen LogP contribution in [0.25, 0.3) is 10.8 Å². The molecule has 2 N–H and O–H groups in total. The number of amides is 1. The summed E-state index contributed by atoms with van der Waals surface area (Å²) in [6.45, 7) is 0. The maximum atomic E-state index is 12.4. The SMILES string of the molecule is Cn1nc(C(=O)NNS(=O)(=O)c2ccccc2)c2ccccc2c1=O. The van der Waals surface area contributed by atoms with Gasteiger partial charge in [0.1, 0.15) is 0 Å². The van der Waals surface area contributed by atoms with Gasteiger partial charge in [-0.2, -0.15) is 5.10 Å². The monoisotopic (exact) mass is 358 g/mol. The van der Waals surface area contributed by atoms with Gasteiger partial charge < -0.3 is 0 Å².